The van der Waals surface area contributed by atoms with Gasteiger partial charge >= 0.3 is 0 Å². The van der Waals surface area contributed by atoms with Crippen molar-refractivity contribution in [3.63, 3.8) is 0 Å². The van der Waals surface area contributed by atoms with Gasteiger partial charge in [-0.3, -0.25) is 9.59 Å². The van der Waals surface area contributed by atoms with Crippen LogP contribution in [0.5, 0.6) is 5.75 Å². The number of primary amides is 1. The number of nitrogens with two attached hydrogens (primary N) is 2. The number of hydrogen-bond acceptors (Lipinski definition) is 4. The summed E-state index contributed by atoms with van der Waals surface area (Å²) in [7, 11) is 0. The number of hydrogen-bond donors (Lipinski definition) is 3. The molecule has 6 nitrogen and oxygen atoms in total. The fourth-order valence-corrected chi connectivity index (χ4v) is 2.75. The van der Waals surface area contributed by atoms with Crippen LogP contribution in [0.4, 0.5) is 0 Å². The Hall–Kier alpha value is -3.64. The quantitative estimate of drug-likeness (QED) is 0.550. The number of rotatable bonds is 8. The Balaban J connectivity index is 1.51. The van der Waals surface area contributed by atoms with Crippen LogP contribution in [-0.4, -0.2) is 11.8 Å². The number of carbonyl (C=O) groups excluding carboxylic acids is 2. The van der Waals surface area contributed by atoms with E-state index < -0.39 is 11.9 Å². The third-order valence-electron chi connectivity index (χ3n) is 4.48. The van der Waals surface area contributed by atoms with Crippen molar-refractivity contribution in [2.24, 2.45) is 11.5 Å². The Morgan fingerprint density at radius 1 is 0.862 bits per heavy atom. The summed E-state index contributed by atoms with van der Waals surface area (Å²) in [6.07, 6.45) is 0. The van der Waals surface area contributed by atoms with E-state index >= 15 is 0 Å². The van der Waals surface area contributed by atoms with Gasteiger partial charge in [0.05, 0.1) is 0 Å². The van der Waals surface area contributed by atoms with Gasteiger partial charge in [0, 0.05) is 12.1 Å². The van der Waals surface area contributed by atoms with Crippen molar-refractivity contribution in [3.05, 3.63) is 101 Å². The molecule has 0 bridgehead atoms. The molecule has 0 unspecified atom stereocenters. The smallest absolute Gasteiger partial charge is 0.248 e. The lowest BCUT2D eigenvalue weighted by Gasteiger charge is -2.14. The number of amides is 2. The average molecular weight is 389 g/mol. The highest BCUT2D eigenvalue weighted by molar-refractivity contribution is 5.92. The largest absolute Gasteiger partial charge is 0.489 e. The minimum Gasteiger partial charge on any atom is -0.489 e. The first-order valence-corrected chi connectivity index (χ1v) is 9.21. The molecule has 1 atom stereocenters. The highest BCUT2D eigenvalue weighted by Crippen LogP contribution is 2.18. The molecule has 3 aromatic carbocycles. The standard InChI is InChI=1S/C23H23N3O3/c24-21(23(28)26-14-16-6-8-19(9-7-16)22(25)27)18-10-12-20(13-11-18)29-15-17-4-2-1-3-5-17/h1-13,21H,14-15,24H2,(H2,25,27)(H,26,28)/t21-/m0/s1. The molecule has 2 amide bonds. The summed E-state index contributed by atoms with van der Waals surface area (Å²) in [5.41, 5.74) is 14.3. The van der Waals surface area contributed by atoms with E-state index in [0.29, 0.717) is 30.0 Å². The molecule has 0 spiro atoms. The zero-order valence-corrected chi connectivity index (χ0v) is 15.9. The summed E-state index contributed by atoms with van der Waals surface area (Å²) in [5, 5.41) is 2.80. The summed E-state index contributed by atoms with van der Waals surface area (Å²) in [6, 6.07) is 23.0. The Kier molecular flexibility index (Phi) is 6.60. The third-order valence-corrected chi connectivity index (χ3v) is 4.48. The van der Waals surface area contributed by atoms with Crippen LogP contribution in [0.3, 0.4) is 0 Å². The molecule has 0 heterocycles. The van der Waals surface area contributed by atoms with Gasteiger partial charge in [0.1, 0.15) is 18.4 Å². The molecular weight excluding hydrogens is 366 g/mol. The lowest BCUT2D eigenvalue weighted by Crippen LogP contribution is -2.33. The van der Waals surface area contributed by atoms with Crippen molar-refractivity contribution in [2.75, 3.05) is 0 Å². The van der Waals surface area contributed by atoms with E-state index in [1.165, 1.54) is 0 Å². The zero-order valence-electron chi connectivity index (χ0n) is 15.9. The molecule has 148 valence electrons. The first-order valence-electron chi connectivity index (χ1n) is 9.21. The molecule has 3 rings (SSSR count). The average Bonchev–Trinajstić information content (AvgIpc) is 2.77. The molecule has 3 aromatic rings. The summed E-state index contributed by atoms with van der Waals surface area (Å²) < 4.78 is 5.74. The van der Waals surface area contributed by atoms with Crippen LogP contribution >= 0.6 is 0 Å². The number of nitrogens with one attached hydrogen (secondary N) is 1. The van der Waals surface area contributed by atoms with E-state index in [0.717, 1.165) is 11.1 Å². The van der Waals surface area contributed by atoms with Crippen LogP contribution < -0.4 is 21.5 Å². The van der Waals surface area contributed by atoms with Crippen LogP contribution in [0, 0.1) is 0 Å². The summed E-state index contributed by atoms with van der Waals surface area (Å²) in [6.45, 7) is 0.783. The molecule has 0 saturated heterocycles. The number of ether oxygens (including phenoxy) is 1. The Morgan fingerprint density at radius 2 is 1.52 bits per heavy atom. The topological polar surface area (TPSA) is 107 Å². The summed E-state index contributed by atoms with van der Waals surface area (Å²) >= 11 is 0. The third kappa shape index (κ3) is 5.67. The van der Waals surface area contributed by atoms with Crippen molar-refractivity contribution in [1.29, 1.82) is 0 Å². The predicted molar refractivity (Wildman–Crippen MR) is 111 cm³/mol. The molecule has 6 heteroatoms. The van der Waals surface area contributed by atoms with E-state index in [4.69, 9.17) is 16.2 Å². The monoisotopic (exact) mass is 389 g/mol. The maximum Gasteiger partial charge on any atom is 0.248 e. The van der Waals surface area contributed by atoms with Gasteiger partial charge in [0.2, 0.25) is 11.8 Å². The molecule has 0 aliphatic carbocycles. The summed E-state index contributed by atoms with van der Waals surface area (Å²) in [5.74, 6) is -0.0690. The van der Waals surface area contributed by atoms with Gasteiger partial charge in [-0.25, -0.2) is 0 Å². The van der Waals surface area contributed by atoms with Crippen LogP contribution in [0.15, 0.2) is 78.9 Å². The normalized spacial score (nSPS) is 11.5. The molecule has 0 aliphatic heterocycles. The minimum atomic E-state index is -0.789. The second kappa shape index (κ2) is 9.52. The highest BCUT2D eigenvalue weighted by Gasteiger charge is 2.15. The highest BCUT2D eigenvalue weighted by atomic mass is 16.5. The molecule has 0 radical (unpaired) electrons. The van der Waals surface area contributed by atoms with E-state index in [2.05, 4.69) is 5.32 Å². The van der Waals surface area contributed by atoms with Crippen molar-refractivity contribution in [2.45, 2.75) is 19.2 Å². The van der Waals surface area contributed by atoms with Crippen LogP contribution in [0.1, 0.15) is 33.1 Å². The Labute approximate surface area is 169 Å². The van der Waals surface area contributed by atoms with Gasteiger partial charge in [-0.05, 0) is 41.0 Å². The Morgan fingerprint density at radius 3 is 2.14 bits per heavy atom. The number of benzene rings is 3. The van der Waals surface area contributed by atoms with Crippen molar-refractivity contribution < 1.29 is 14.3 Å². The van der Waals surface area contributed by atoms with E-state index in [1.54, 1.807) is 48.5 Å². The van der Waals surface area contributed by atoms with Gasteiger partial charge in [0.15, 0.2) is 0 Å². The van der Waals surface area contributed by atoms with E-state index in [9.17, 15) is 9.59 Å². The molecule has 0 aliphatic rings. The molecule has 0 saturated carbocycles. The lowest BCUT2D eigenvalue weighted by molar-refractivity contribution is -0.122. The lowest BCUT2D eigenvalue weighted by atomic mass is 10.1. The van der Waals surface area contributed by atoms with E-state index in [-0.39, 0.29) is 5.91 Å². The fourth-order valence-electron chi connectivity index (χ4n) is 2.75. The van der Waals surface area contributed by atoms with Crippen molar-refractivity contribution in [3.8, 4) is 5.75 Å². The van der Waals surface area contributed by atoms with Crippen LogP contribution in [-0.2, 0) is 17.9 Å². The molecular formula is C23H23N3O3. The minimum absolute atomic E-state index is 0.290. The van der Waals surface area contributed by atoms with Gasteiger partial charge in [-0.2, -0.15) is 0 Å². The maximum absolute atomic E-state index is 12.3. The molecule has 0 fully saturated rings. The van der Waals surface area contributed by atoms with Crippen LogP contribution in [0.25, 0.3) is 0 Å². The second-order valence-electron chi connectivity index (χ2n) is 6.60. The van der Waals surface area contributed by atoms with Crippen molar-refractivity contribution >= 4 is 11.8 Å². The fraction of sp³-hybridized carbons (Fsp3) is 0.130. The van der Waals surface area contributed by atoms with Gasteiger partial charge in [0.25, 0.3) is 0 Å². The van der Waals surface area contributed by atoms with E-state index in [1.807, 2.05) is 30.3 Å². The first kappa shape index (κ1) is 20.1. The van der Waals surface area contributed by atoms with Gasteiger partial charge in [-0.15, -0.1) is 0 Å². The number of carbonyl (C=O) groups is 2. The molecule has 29 heavy (non-hydrogen) atoms. The predicted octanol–water partition coefficient (Wildman–Crippen LogP) is 2.68. The molecule has 5 N–H and O–H groups in total. The van der Waals surface area contributed by atoms with Crippen molar-refractivity contribution in [1.82, 2.24) is 5.32 Å². The summed E-state index contributed by atoms with van der Waals surface area (Å²) in [4.78, 5) is 23.4. The zero-order chi connectivity index (χ0) is 20.6. The SMILES string of the molecule is NC(=O)c1ccc(CNC(=O)[C@@H](N)c2ccc(OCc3ccccc3)cc2)cc1. The Bertz CT molecular complexity index is 955. The van der Waals surface area contributed by atoms with Crippen LogP contribution in [0.2, 0.25) is 0 Å². The first-order chi connectivity index (χ1) is 14.0. The van der Waals surface area contributed by atoms with Gasteiger partial charge < -0.3 is 21.5 Å². The second-order valence-corrected chi connectivity index (χ2v) is 6.60. The van der Waals surface area contributed by atoms with Gasteiger partial charge in [-0.1, -0.05) is 54.6 Å². The molecule has 0 aromatic heterocycles. The maximum atomic E-state index is 12.3.